The Balaban J connectivity index is 2.22. The molecule has 1 aromatic rings. The number of amides is 1. The van der Waals surface area contributed by atoms with Gasteiger partial charge in [0.2, 0.25) is 0 Å². The quantitative estimate of drug-likeness (QED) is 0.615. The van der Waals surface area contributed by atoms with Gasteiger partial charge in [0.25, 0.3) is 5.91 Å². The Morgan fingerprint density at radius 2 is 1.91 bits per heavy atom. The first-order chi connectivity index (χ1) is 10.2. The first-order valence-electron chi connectivity index (χ1n) is 5.81. The predicted molar refractivity (Wildman–Crippen MR) is 76.3 cm³/mol. The third kappa shape index (κ3) is 3.66. The number of carboxylic acid groups (broad SMARTS) is 1. The Morgan fingerprint density at radius 1 is 1.32 bits per heavy atom. The third-order valence-electron chi connectivity index (χ3n) is 2.70. The topological polar surface area (TPSA) is 60.4 Å². The molecular weight excluding hydrogens is 339 g/mol. The number of nitrogens with zero attached hydrogens (tertiary/aromatic N) is 1. The minimum atomic E-state index is -4.43. The van der Waals surface area contributed by atoms with Crippen LogP contribution in [0, 0.1) is 0 Å². The molecule has 116 valence electrons. The van der Waals surface area contributed by atoms with Gasteiger partial charge in [-0.15, -0.1) is 0 Å². The number of hydrogen-bond donors (Lipinski definition) is 0. The van der Waals surface area contributed by atoms with Crippen LogP contribution in [0.1, 0.15) is 11.1 Å². The lowest BCUT2D eigenvalue weighted by Crippen LogP contribution is -2.40. The lowest BCUT2D eigenvalue weighted by Gasteiger charge is -2.14. The van der Waals surface area contributed by atoms with Gasteiger partial charge in [-0.05, 0) is 23.8 Å². The van der Waals surface area contributed by atoms with E-state index in [1.54, 1.807) is 0 Å². The molecule has 9 heteroatoms. The van der Waals surface area contributed by atoms with E-state index >= 15 is 0 Å². The molecule has 4 nitrogen and oxygen atoms in total. The molecule has 1 heterocycles. The van der Waals surface area contributed by atoms with Crippen LogP contribution in [0.15, 0.2) is 29.2 Å². The van der Waals surface area contributed by atoms with E-state index in [4.69, 9.17) is 12.2 Å². The molecule has 1 saturated heterocycles. The summed E-state index contributed by atoms with van der Waals surface area (Å²) in [6.07, 6.45) is -3.08. The van der Waals surface area contributed by atoms with Gasteiger partial charge in [0, 0.05) is 0 Å². The van der Waals surface area contributed by atoms with Gasteiger partial charge >= 0.3 is 6.18 Å². The van der Waals surface area contributed by atoms with Crippen molar-refractivity contribution >= 4 is 46.3 Å². The number of thioether (sulfide) groups is 1. The Morgan fingerprint density at radius 3 is 2.41 bits per heavy atom. The molecule has 1 aromatic carbocycles. The zero-order valence-corrected chi connectivity index (χ0v) is 12.3. The van der Waals surface area contributed by atoms with Gasteiger partial charge in [-0.25, -0.2) is 0 Å². The number of carbonyl (C=O) groups is 2. The van der Waals surface area contributed by atoms with Crippen LogP contribution < -0.4 is 5.11 Å². The molecule has 0 radical (unpaired) electrons. The molecule has 0 atom stereocenters. The zero-order valence-electron chi connectivity index (χ0n) is 10.7. The molecule has 0 spiro atoms. The maximum absolute atomic E-state index is 12.5. The molecule has 22 heavy (non-hydrogen) atoms. The van der Waals surface area contributed by atoms with Gasteiger partial charge in [-0.1, -0.05) is 36.1 Å². The Labute approximate surface area is 132 Å². The Kier molecular flexibility index (Phi) is 4.57. The van der Waals surface area contributed by atoms with Crippen molar-refractivity contribution in [3.8, 4) is 0 Å². The summed E-state index contributed by atoms with van der Waals surface area (Å²) >= 11 is 5.77. The smallest absolute Gasteiger partial charge is 0.416 e. The molecule has 0 unspecified atom stereocenters. The minimum absolute atomic E-state index is 0.0624. The van der Waals surface area contributed by atoms with Crippen LogP contribution in [0.2, 0.25) is 0 Å². The number of benzene rings is 1. The van der Waals surface area contributed by atoms with E-state index in [0.717, 1.165) is 28.8 Å². The number of rotatable bonds is 3. The highest BCUT2D eigenvalue weighted by atomic mass is 32.2. The van der Waals surface area contributed by atoms with E-state index in [1.165, 1.54) is 18.2 Å². The van der Waals surface area contributed by atoms with Crippen molar-refractivity contribution in [2.24, 2.45) is 0 Å². The monoisotopic (exact) mass is 346 g/mol. The fourth-order valence-corrected chi connectivity index (χ4v) is 2.94. The highest BCUT2D eigenvalue weighted by Gasteiger charge is 2.32. The molecule has 1 aliphatic heterocycles. The molecular formula is C13H7F3NO3S2-. The van der Waals surface area contributed by atoms with Crippen molar-refractivity contribution in [1.82, 2.24) is 4.90 Å². The van der Waals surface area contributed by atoms with Crippen LogP contribution in [0.5, 0.6) is 0 Å². The third-order valence-corrected chi connectivity index (χ3v) is 4.07. The number of hydrogen-bond acceptors (Lipinski definition) is 5. The summed E-state index contributed by atoms with van der Waals surface area (Å²) in [5.74, 6) is -2.06. The molecule has 0 aromatic heterocycles. The van der Waals surface area contributed by atoms with E-state index < -0.39 is 30.2 Å². The molecule has 0 saturated carbocycles. The van der Waals surface area contributed by atoms with Gasteiger partial charge in [-0.2, -0.15) is 13.2 Å². The zero-order chi connectivity index (χ0) is 16.5. The van der Waals surface area contributed by atoms with E-state index in [2.05, 4.69) is 0 Å². The molecule has 0 aliphatic carbocycles. The second-order valence-electron chi connectivity index (χ2n) is 4.26. The molecule has 1 aliphatic rings. The maximum Gasteiger partial charge on any atom is 0.416 e. The van der Waals surface area contributed by atoms with E-state index in [-0.39, 0.29) is 9.23 Å². The van der Waals surface area contributed by atoms with Crippen LogP contribution in [-0.4, -0.2) is 27.6 Å². The maximum atomic E-state index is 12.5. The van der Waals surface area contributed by atoms with Crippen molar-refractivity contribution in [2.45, 2.75) is 6.18 Å². The summed E-state index contributed by atoms with van der Waals surface area (Å²) in [5, 5.41) is 10.5. The van der Waals surface area contributed by atoms with Gasteiger partial charge in [0.05, 0.1) is 23.0 Å². The molecule has 0 N–H and O–H groups in total. The van der Waals surface area contributed by atoms with Crippen LogP contribution in [0.25, 0.3) is 6.08 Å². The van der Waals surface area contributed by atoms with Gasteiger partial charge < -0.3 is 9.90 Å². The van der Waals surface area contributed by atoms with Crippen LogP contribution in [0.4, 0.5) is 13.2 Å². The van der Waals surface area contributed by atoms with Gasteiger partial charge in [0.1, 0.15) is 4.32 Å². The number of thiocarbonyl (C=S) groups is 1. The highest BCUT2D eigenvalue weighted by molar-refractivity contribution is 8.26. The first kappa shape index (κ1) is 16.5. The molecule has 2 rings (SSSR count). The summed E-state index contributed by atoms with van der Waals surface area (Å²) in [5.41, 5.74) is -0.420. The van der Waals surface area contributed by atoms with E-state index in [1.807, 2.05) is 0 Å². The molecule has 1 fully saturated rings. The van der Waals surface area contributed by atoms with Gasteiger partial charge in [0.15, 0.2) is 0 Å². The fraction of sp³-hybridized carbons (Fsp3) is 0.154. The van der Waals surface area contributed by atoms with Crippen LogP contribution in [-0.2, 0) is 15.8 Å². The normalized spacial score (nSPS) is 17.4. The second kappa shape index (κ2) is 6.09. The summed E-state index contributed by atoms with van der Waals surface area (Å²) in [7, 11) is 0. The Bertz CT molecular complexity index is 668. The van der Waals surface area contributed by atoms with Gasteiger partial charge in [-0.3, -0.25) is 9.69 Å². The number of carboxylic acids is 1. The molecule has 1 amide bonds. The van der Waals surface area contributed by atoms with Crippen molar-refractivity contribution in [3.05, 3.63) is 40.3 Å². The summed E-state index contributed by atoms with van der Waals surface area (Å²) < 4.78 is 37.4. The minimum Gasteiger partial charge on any atom is -0.548 e. The summed E-state index contributed by atoms with van der Waals surface area (Å²) in [6, 6.07) is 4.23. The van der Waals surface area contributed by atoms with Crippen molar-refractivity contribution < 1.29 is 27.9 Å². The van der Waals surface area contributed by atoms with Crippen LogP contribution in [0.3, 0.4) is 0 Å². The number of carbonyl (C=O) groups excluding carboxylic acids is 2. The van der Waals surface area contributed by atoms with Crippen molar-refractivity contribution in [2.75, 3.05) is 6.54 Å². The highest BCUT2D eigenvalue weighted by Crippen LogP contribution is 2.33. The van der Waals surface area contributed by atoms with Crippen molar-refractivity contribution in [3.63, 3.8) is 0 Å². The molecule has 0 bridgehead atoms. The number of aliphatic carboxylic acids is 1. The van der Waals surface area contributed by atoms with E-state index in [9.17, 15) is 27.9 Å². The second-order valence-corrected chi connectivity index (χ2v) is 5.94. The largest absolute Gasteiger partial charge is 0.548 e. The first-order valence-corrected chi connectivity index (χ1v) is 7.03. The standard InChI is InChI=1S/C13H8F3NO3S2/c14-13(15,16)8-3-1-7(2-4-8)5-9-11(20)17(6-10(18)19)12(21)22-9/h1-5H,6H2,(H,18,19)/p-1/b9-5+. The average Bonchev–Trinajstić information content (AvgIpc) is 2.66. The van der Waals surface area contributed by atoms with E-state index in [0.29, 0.717) is 5.56 Å². The average molecular weight is 346 g/mol. The number of alkyl halides is 3. The fourth-order valence-electron chi connectivity index (χ4n) is 1.69. The SMILES string of the molecule is O=C([O-])CN1C(=O)/C(=C\c2ccc(C(F)(F)F)cc2)SC1=S. The van der Waals surface area contributed by atoms with Crippen LogP contribution >= 0.6 is 24.0 Å². The lowest BCUT2D eigenvalue weighted by atomic mass is 10.1. The van der Waals surface area contributed by atoms with Crippen molar-refractivity contribution in [1.29, 1.82) is 0 Å². The predicted octanol–water partition coefficient (Wildman–Crippen LogP) is 1.66. The number of halogens is 3. The lowest BCUT2D eigenvalue weighted by molar-refractivity contribution is -0.305. The summed E-state index contributed by atoms with van der Waals surface area (Å²) in [4.78, 5) is 23.5. The Hall–Kier alpha value is -1.87. The summed E-state index contributed by atoms with van der Waals surface area (Å²) in [6.45, 7) is -0.658.